The normalized spacial score (nSPS) is 10.1. The molecule has 0 aliphatic carbocycles. The molecule has 104 valence electrons. The standard InChI is InChI=1S/C16H17IN2O/c1-19(12-13-5-3-2-4-6-13)16(20)11-18-15-9-7-14(17)8-10-15/h2-10,18H,11-12H2,1H3. The molecule has 2 aromatic rings. The van der Waals surface area contributed by atoms with E-state index in [1.165, 1.54) is 3.57 Å². The van der Waals surface area contributed by atoms with Gasteiger partial charge in [-0.15, -0.1) is 0 Å². The summed E-state index contributed by atoms with van der Waals surface area (Å²) in [7, 11) is 1.82. The number of carbonyl (C=O) groups is 1. The Hall–Kier alpha value is -1.56. The van der Waals surface area contributed by atoms with Gasteiger partial charge in [-0.1, -0.05) is 30.3 Å². The second kappa shape index (κ2) is 7.28. The Morgan fingerprint density at radius 1 is 1.10 bits per heavy atom. The van der Waals surface area contributed by atoms with Crippen LogP contribution in [-0.2, 0) is 11.3 Å². The van der Waals surface area contributed by atoms with Crippen molar-refractivity contribution in [3.8, 4) is 0 Å². The highest BCUT2D eigenvalue weighted by Gasteiger charge is 2.08. The first kappa shape index (κ1) is 14.8. The fourth-order valence-electron chi connectivity index (χ4n) is 1.83. The van der Waals surface area contributed by atoms with Crippen LogP contribution in [0.3, 0.4) is 0 Å². The van der Waals surface area contributed by atoms with Crippen LogP contribution in [0.4, 0.5) is 5.69 Å². The first-order chi connectivity index (χ1) is 9.65. The zero-order valence-electron chi connectivity index (χ0n) is 11.3. The average molecular weight is 380 g/mol. The number of hydrogen-bond donors (Lipinski definition) is 1. The van der Waals surface area contributed by atoms with Crippen LogP contribution in [0.15, 0.2) is 54.6 Å². The van der Waals surface area contributed by atoms with Gasteiger partial charge in [-0.3, -0.25) is 4.79 Å². The third-order valence-electron chi connectivity index (χ3n) is 2.98. The van der Waals surface area contributed by atoms with E-state index >= 15 is 0 Å². The molecular formula is C16H17IN2O. The molecule has 0 fully saturated rings. The molecule has 0 saturated heterocycles. The lowest BCUT2D eigenvalue weighted by Crippen LogP contribution is -2.31. The van der Waals surface area contributed by atoms with Crippen molar-refractivity contribution in [2.75, 3.05) is 18.9 Å². The van der Waals surface area contributed by atoms with E-state index in [-0.39, 0.29) is 5.91 Å². The summed E-state index contributed by atoms with van der Waals surface area (Å²) in [4.78, 5) is 13.8. The van der Waals surface area contributed by atoms with Crippen LogP contribution in [0.25, 0.3) is 0 Å². The van der Waals surface area contributed by atoms with E-state index in [0.29, 0.717) is 13.1 Å². The van der Waals surface area contributed by atoms with Crippen LogP contribution >= 0.6 is 22.6 Å². The summed E-state index contributed by atoms with van der Waals surface area (Å²) < 4.78 is 1.18. The molecule has 1 amide bonds. The lowest BCUT2D eigenvalue weighted by molar-refractivity contribution is -0.128. The average Bonchev–Trinajstić information content (AvgIpc) is 2.47. The Kier molecular flexibility index (Phi) is 5.40. The highest BCUT2D eigenvalue weighted by Crippen LogP contribution is 2.11. The topological polar surface area (TPSA) is 32.3 Å². The Morgan fingerprint density at radius 2 is 1.75 bits per heavy atom. The Labute approximate surface area is 133 Å². The lowest BCUT2D eigenvalue weighted by atomic mass is 10.2. The number of anilines is 1. The summed E-state index contributed by atoms with van der Waals surface area (Å²) >= 11 is 2.26. The highest BCUT2D eigenvalue weighted by molar-refractivity contribution is 14.1. The van der Waals surface area contributed by atoms with Gasteiger partial charge in [0, 0.05) is 22.8 Å². The van der Waals surface area contributed by atoms with Crippen LogP contribution in [0.1, 0.15) is 5.56 Å². The van der Waals surface area contributed by atoms with Gasteiger partial charge in [0.2, 0.25) is 5.91 Å². The van der Waals surface area contributed by atoms with Crippen molar-refractivity contribution in [2.24, 2.45) is 0 Å². The number of nitrogens with zero attached hydrogens (tertiary/aromatic N) is 1. The molecule has 2 rings (SSSR count). The molecule has 0 aliphatic rings. The van der Waals surface area contributed by atoms with E-state index in [4.69, 9.17) is 0 Å². The number of likely N-dealkylation sites (N-methyl/N-ethyl adjacent to an activating group) is 1. The maximum Gasteiger partial charge on any atom is 0.241 e. The van der Waals surface area contributed by atoms with Crippen molar-refractivity contribution in [2.45, 2.75) is 6.54 Å². The van der Waals surface area contributed by atoms with Crippen molar-refractivity contribution in [1.29, 1.82) is 0 Å². The molecule has 0 aliphatic heterocycles. The van der Waals surface area contributed by atoms with E-state index < -0.39 is 0 Å². The number of rotatable bonds is 5. The minimum absolute atomic E-state index is 0.0763. The van der Waals surface area contributed by atoms with Crippen molar-refractivity contribution in [3.63, 3.8) is 0 Å². The smallest absolute Gasteiger partial charge is 0.241 e. The van der Waals surface area contributed by atoms with Gasteiger partial charge in [-0.05, 0) is 52.4 Å². The Balaban J connectivity index is 1.83. The molecule has 2 aromatic carbocycles. The van der Waals surface area contributed by atoms with Crippen molar-refractivity contribution in [3.05, 3.63) is 63.7 Å². The molecule has 0 radical (unpaired) electrons. The summed E-state index contributed by atoms with van der Waals surface area (Å²) in [5.41, 5.74) is 2.10. The fraction of sp³-hybridized carbons (Fsp3) is 0.188. The number of amides is 1. The predicted octanol–water partition coefficient (Wildman–Crippen LogP) is 3.36. The molecule has 20 heavy (non-hydrogen) atoms. The summed E-state index contributed by atoms with van der Waals surface area (Å²) in [6.45, 7) is 0.942. The minimum Gasteiger partial charge on any atom is -0.376 e. The van der Waals surface area contributed by atoms with Crippen molar-refractivity contribution >= 4 is 34.2 Å². The molecule has 0 saturated carbocycles. The molecule has 0 aromatic heterocycles. The monoisotopic (exact) mass is 380 g/mol. The van der Waals surface area contributed by atoms with Gasteiger partial charge >= 0.3 is 0 Å². The van der Waals surface area contributed by atoms with Crippen LogP contribution in [0.2, 0.25) is 0 Å². The maximum atomic E-state index is 12.0. The van der Waals surface area contributed by atoms with Gasteiger partial charge in [-0.25, -0.2) is 0 Å². The van der Waals surface area contributed by atoms with E-state index in [2.05, 4.69) is 27.9 Å². The van der Waals surface area contributed by atoms with Crippen LogP contribution in [-0.4, -0.2) is 24.4 Å². The molecule has 1 N–H and O–H groups in total. The number of nitrogens with one attached hydrogen (secondary N) is 1. The molecule has 0 unspecified atom stereocenters. The van der Waals surface area contributed by atoms with Crippen molar-refractivity contribution in [1.82, 2.24) is 4.90 Å². The first-order valence-electron chi connectivity index (χ1n) is 6.42. The van der Waals surface area contributed by atoms with Gasteiger partial charge in [0.05, 0.1) is 6.54 Å². The summed E-state index contributed by atoms with van der Waals surface area (Å²) in [6.07, 6.45) is 0. The van der Waals surface area contributed by atoms with E-state index in [0.717, 1.165) is 11.3 Å². The van der Waals surface area contributed by atoms with E-state index in [1.54, 1.807) is 4.90 Å². The van der Waals surface area contributed by atoms with Crippen molar-refractivity contribution < 1.29 is 4.79 Å². The minimum atomic E-state index is 0.0763. The molecular weight excluding hydrogens is 363 g/mol. The number of benzene rings is 2. The van der Waals surface area contributed by atoms with Crippen LogP contribution in [0, 0.1) is 3.57 Å². The first-order valence-corrected chi connectivity index (χ1v) is 7.50. The third kappa shape index (κ3) is 4.52. The van der Waals surface area contributed by atoms with Gasteiger partial charge in [0.15, 0.2) is 0 Å². The van der Waals surface area contributed by atoms with Gasteiger partial charge in [0.25, 0.3) is 0 Å². The number of carbonyl (C=O) groups excluding carboxylic acids is 1. The zero-order valence-corrected chi connectivity index (χ0v) is 13.5. The summed E-state index contributed by atoms with van der Waals surface area (Å²) in [5.74, 6) is 0.0763. The molecule has 0 bridgehead atoms. The second-order valence-corrected chi connectivity index (χ2v) is 5.84. The largest absolute Gasteiger partial charge is 0.376 e. The number of hydrogen-bond acceptors (Lipinski definition) is 2. The van der Waals surface area contributed by atoms with Crippen LogP contribution < -0.4 is 5.32 Å². The molecule has 4 heteroatoms. The molecule has 0 spiro atoms. The summed E-state index contributed by atoms with van der Waals surface area (Å²) in [6, 6.07) is 18.0. The zero-order chi connectivity index (χ0) is 14.4. The van der Waals surface area contributed by atoms with E-state index in [1.807, 2.05) is 61.6 Å². The SMILES string of the molecule is CN(Cc1ccccc1)C(=O)CNc1ccc(I)cc1. The van der Waals surface area contributed by atoms with Gasteiger partial charge < -0.3 is 10.2 Å². The van der Waals surface area contributed by atoms with Crippen LogP contribution in [0.5, 0.6) is 0 Å². The third-order valence-corrected chi connectivity index (χ3v) is 3.70. The molecule has 0 atom stereocenters. The highest BCUT2D eigenvalue weighted by atomic mass is 127. The summed E-state index contributed by atoms with van der Waals surface area (Å²) in [5, 5.41) is 3.14. The maximum absolute atomic E-state index is 12.0. The van der Waals surface area contributed by atoms with Gasteiger partial charge in [0.1, 0.15) is 0 Å². The Bertz CT molecular complexity index is 554. The fourth-order valence-corrected chi connectivity index (χ4v) is 2.19. The molecule has 3 nitrogen and oxygen atoms in total. The Morgan fingerprint density at radius 3 is 2.40 bits per heavy atom. The number of halogens is 1. The predicted molar refractivity (Wildman–Crippen MR) is 90.6 cm³/mol. The lowest BCUT2D eigenvalue weighted by Gasteiger charge is -2.18. The quantitative estimate of drug-likeness (QED) is 0.807. The second-order valence-electron chi connectivity index (χ2n) is 4.60. The molecule has 0 heterocycles. The van der Waals surface area contributed by atoms with Gasteiger partial charge in [-0.2, -0.15) is 0 Å². The van der Waals surface area contributed by atoms with E-state index in [9.17, 15) is 4.79 Å².